The lowest BCUT2D eigenvalue weighted by molar-refractivity contribution is 0.466. The maximum absolute atomic E-state index is 12.8. The molecule has 1 unspecified atom stereocenters. The van der Waals surface area contributed by atoms with Gasteiger partial charge in [-0.1, -0.05) is 30.3 Å². The minimum atomic E-state index is -3.56. The molecule has 142 valence electrons. The fourth-order valence-corrected chi connectivity index (χ4v) is 5.06. The van der Waals surface area contributed by atoms with E-state index in [1.807, 2.05) is 31.3 Å². The zero-order valence-electron chi connectivity index (χ0n) is 15.5. The second kappa shape index (κ2) is 6.94. The Bertz CT molecular complexity index is 1040. The van der Waals surface area contributed by atoms with Crippen molar-refractivity contribution >= 4 is 10.0 Å². The van der Waals surface area contributed by atoms with Crippen LogP contribution in [0.3, 0.4) is 0 Å². The van der Waals surface area contributed by atoms with Crippen molar-refractivity contribution < 1.29 is 8.42 Å². The van der Waals surface area contributed by atoms with Crippen LogP contribution in [0.1, 0.15) is 29.4 Å². The van der Waals surface area contributed by atoms with Crippen LogP contribution in [0, 0.1) is 6.92 Å². The first-order valence-corrected chi connectivity index (χ1v) is 10.4. The Labute approximate surface area is 159 Å². The standard InChI is InChI=1S/C19H23N5O2S/c1-15-10-20-19(24(15)11-16-6-4-3-5-7-16)17-8-9-23(12-17)27(25,26)18-13-22(2)14-21-18/h3-7,10,13-14,17H,8-9,11-12H2,1-2H3. The molecule has 0 N–H and O–H groups in total. The zero-order valence-corrected chi connectivity index (χ0v) is 16.3. The van der Waals surface area contributed by atoms with E-state index in [2.05, 4.69) is 26.7 Å². The average molecular weight is 385 g/mol. The predicted octanol–water partition coefficient (Wildman–Crippen LogP) is 2.15. The molecule has 1 fully saturated rings. The molecule has 3 heterocycles. The summed E-state index contributed by atoms with van der Waals surface area (Å²) in [5.41, 5.74) is 2.29. The van der Waals surface area contributed by atoms with E-state index in [1.54, 1.807) is 17.8 Å². The average Bonchev–Trinajstić information content (AvgIpc) is 3.37. The van der Waals surface area contributed by atoms with Gasteiger partial charge >= 0.3 is 0 Å². The summed E-state index contributed by atoms with van der Waals surface area (Å²) in [5, 5.41) is 0.106. The quantitative estimate of drug-likeness (QED) is 0.675. The van der Waals surface area contributed by atoms with Gasteiger partial charge in [0.2, 0.25) is 0 Å². The van der Waals surface area contributed by atoms with Gasteiger partial charge in [0, 0.05) is 50.7 Å². The van der Waals surface area contributed by atoms with Crippen LogP contribution in [-0.2, 0) is 23.6 Å². The molecule has 4 rings (SSSR count). The normalized spacial score (nSPS) is 18.2. The van der Waals surface area contributed by atoms with Crippen molar-refractivity contribution in [2.45, 2.75) is 30.8 Å². The summed E-state index contributed by atoms with van der Waals surface area (Å²) in [5.74, 6) is 1.04. The number of hydrogen-bond acceptors (Lipinski definition) is 4. The predicted molar refractivity (Wildman–Crippen MR) is 102 cm³/mol. The molecule has 1 atom stereocenters. The summed E-state index contributed by atoms with van der Waals surface area (Å²) < 4.78 is 31.0. The third-order valence-corrected chi connectivity index (χ3v) is 6.82. The number of sulfonamides is 1. The smallest absolute Gasteiger partial charge is 0.262 e. The first kappa shape index (κ1) is 17.9. The summed E-state index contributed by atoms with van der Waals surface area (Å²) in [4.78, 5) is 8.63. The van der Waals surface area contributed by atoms with Crippen LogP contribution in [0.15, 0.2) is 54.1 Å². The highest BCUT2D eigenvalue weighted by molar-refractivity contribution is 7.89. The number of aromatic nitrogens is 4. The van der Waals surface area contributed by atoms with Gasteiger partial charge in [0.25, 0.3) is 10.0 Å². The third-order valence-electron chi connectivity index (χ3n) is 5.07. The van der Waals surface area contributed by atoms with E-state index in [1.165, 1.54) is 16.2 Å². The number of nitrogens with zero attached hydrogens (tertiary/aromatic N) is 5. The Balaban J connectivity index is 1.56. The Morgan fingerprint density at radius 2 is 1.96 bits per heavy atom. The van der Waals surface area contributed by atoms with Crippen molar-refractivity contribution in [3.63, 3.8) is 0 Å². The lowest BCUT2D eigenvalue weighted by Gasteiger charge is -2.17. The van der Waals surface area contributed by atoms with Crippen molar-refractivity contribution in [2.24, 2.45) is 7.05 Å². The molecule has 1 aliphatic heterocycles. The molecule has 0 amide bonds. The van der Waals surface area contributed by atoms with E-state index in [0.717, 1.165) is 24.5 Å². The zero-order chi connectivity index (χ0) is 19.0. The second-order valence-electron chi connectivity index (χ2n) is 7.06. The van der Waals surface area contributed by atoms with E-state index < -0.39 is 10.0 Å². The van der Waals surface area contributed by atoms with Gasteiger partial charge in [-0.2, -0.15) is 4.31 Å². The molecule has 0 spiro atoms. The monoisotopic (exact) mass is 385 g/mol. The molecule has 0 bridgehead atoms. The van der Waals surface area contributed by atoms with Gasteiger partial charge in [0.05, 0.1) is 6.33 Å². The van der Waals surface area contributed by atoms with Gasteiger partial charge < -0.3 is 9.13 Å². The molecule has 27 heavy (non-hydrogen) atoms. The SMILES string of the molecule is Cc1cnc(C2CCN(S(=O)(=O)c3cn(C)cn3)C2)n1Cc1ccccc1. The molecular formula is C19H23N5O2S. The lowest BCUT2D eigenvalue weighted by atomic mass is 10.1. The van der Waals surface area contributed by atoms with Crippen molar-refractivity contribution in [1.29, 1.82) is 0 Å². The van der Waals surface area contributed by atoms with Crippen molar-refractivity contribution in [3.8, 4) is 0 Å². The van der Waals surface area contributed by atoms with Crippen molar-refractivity contribution in [3.05, 3.63) is 66.1 Å². The molecule has 1 saturated heterocycles. The maximum atomic E-state index is 12.8. The highest BCUT2D eigenvalue weighted by Crippen LogP contribution is 2.31. The van der Waals surface area contributed by atoms with Crippen LogP contribution < -0.4 is 0 Å². The number of hydrogen-bond donors (Lipinski definition) is 0. The summed E-state index contributed by atoms with van der Waals surface area (Å²) >= 11 is 0. The number of benzene rings is 1. The van der Waals surface area contributed by atoms with E-state index in [0.29, 0.717) is 13.1 Å². The highest BCUT2D eigenvalue weighted by atomic mass is 32.2. The second-order valence-corrected chi connectivity index (χ2v) is 8.94. The third kappa shape index (κ3) is 3.42. The molecule has 0 aliphatic carbocycles. The van der Waals surface area contributed by atoms with Crippen LogP contribution in [-0.4, -0.2) is 44.9 Å². The van der Waals surface area contributed by atoms with E-state index in [9.17, 15) is 8.42 Å². The molecule has 8 heteroatoms. The van der Waals surface area contributed by atoms with Gasteiger partial charge in [-0.15, -0.1) is 0 Å². The topological polar surface area (TPSA) is 73.0 Å². The Morgan fingerprint density at radius 1 is 1.19 bits per heavy atom. The summed E-state index contributed by atoms with van der Waals surface area (Å²) in [6.45, 7) is 3.70. The molecule has 3 aromatic rings. The number of rotatable bonds is 5. The van der Waals surface area contributed by atoms with Gasteiger partial charge in [-0.05, 0) is 18.9 Å². The maximum Gasteiger partial charge on any atom is 0.262 e. The molecule has 1 aliphatic rings. The number of aryl methyl sites for hydroxylation is 2. The van der Waals surface area contributed by atoms with Crippen molar-refractivity contribution in [2.75, 3.05) is 13.1 Å². The Hall–Kier alpha value is -2.45. The molecule has 1 aromatic carbocycles. The first-order valence-electron chi connectivity index (χ1n) is 8.99. The summed E-state index contributed by atoms with van der Waals surface area (Å²) in [6.07, 6.45) is 5.69. The Kier molecular flexibility index (Phi) is 4.61. The van der Waals surface area contributed by atoms with Gasteiger partial charge in [-0.3, -0.25) is 0 Å². The fourth-order valence-electron chi connectivity index (χ4n) is 3.59. The lowest BCUT2D eigenvalue weighted by Crippen LogP contribution is -2.29. The van der Waals surface area contributed by atoms with Gasteiger partial charge in [0.1, 0.15) is 5.82 Å². The molecule has 0 radical (unpaired) electrons. The fraction of sp³-hybridized carbons (Fsp3) is 0.368. The van der Waals surface area contributed by atoms with Crippen LogP contribution >= 0.6 is 0 Å². The molecule has 2 aromatic heterocycles. The molecule has 7 nitrogen and oxygen atoms in total. The van der Waals surface area contributed by atoms with E-state index in [4.69, 9.17) is 0 Å². The first-order chi connectivity index (χ1) is 12.9. The van der Waals surface area contributed by atoms with E-state index >= 15 is 0 Å². The van der Waals surface area contributed by atoms with Crippen LogP contribution in [0.2, 0.25) is 0 Å². The van der Waals surface area contributed by atoms with Crippen molar-refractivity contribution in [1.82, 2.24) is 23.4 Å². The number of imidazole rings is 2. The van der Waals surface area contributed by atoms with E-state index in [-0.39, 0.29) is 10.9 Å². The molecule has 0 saturated carbocycles. The summed E-state index contributed by atoms with van der Waals surface area (Å²) in [6, 6.07) is 10.2. The van der Waals surface area contributed by atoms with Crippen LogP contribution in [0.4, 0.5) is 0 Å². The highest BCUT2D eigenvalue weighted by Gasteiger charge is 2.36. The minimum absolute atomic E-state index is 0.0842. The summed E-state index contributed by atoms with van der Waals surface area (Å²) in [7, 11) is -1.79. The van der Waals surface area contributed by atoms with Crippen LogP contribution in [0.25, 0.3) is 0 Å². The minimum Gasteiger partial charge on any atom is -0.339 e. The van der Waals surface area contributed by atoms with Gasteiger partial charge in [-0.25, -0.2) is 18.4 Å². The largest absolute Gasteiger partial charge is 0.339 e. The molecular weight excluding hydrogens is 362 g/mol. The van der Waals surface area contributed by atoms with Crippen LogP contribution in [0.5, 0.6) is 0 Å². The van der Waals surface area contributed by atoms with Gasteiger partial charge in [0.15, 0.2) is 5.03 Å². The Morgan fingerprint density at radius 3 is 2.67 bits per heavy atom.